The normalized spacial score (nSPS) is 11.4. The Morgan fingerprint density at radius 2 is 1.47 bits per heavy atom. The molecule has 206 valence electrons. The van der Waals surface area contributed by atoms with E-state index in [1.54, 1.807) is 7.11 Å². The van der Waals surface area contributed by atoms with Crippen molar-refractivity contribution in [3.8, 4) is 18.1 Å². The lowest BCUT2D eigenvalue weighted by atomic mass is 10.1. The number of unbranched alkanes of at least 4 members (excludes halogenated alkanes) is 6. The monoisotopic (exact) mass is 522 g/mol. The Morgan fingerprint density at radius 3 is 2.18 bits per heavy atom. The van der Waals surface area contributed by atoms with Crippen molar-refractivity contribution in [1.82, 2.24) is 0 Å². The van der Waals surface area contributed by atoms with Crippen molar-refractivity contribution in [1.29, 1.82) is 0 Å². The molecule has 1 atom stereocenters. The van der Waals surface area contributed by atoms with Gasteiger partial charge >= 0.3 is 11.9 Å². The van der Waals surface area contributed by atoms with Crippen molar-refractivity contribution in [2.24, 2.45) is 0 Å². The van der Waals surface area contributed by atoms with Crippen LogP contribution in [0.5, 0.6) is 5.75 Å². The summed E-state index contributed by atoms with van der Waals surface area (Å²) in [5.74, 6) is 2.86. The Balaban J connectivity index is 1.72. The number of ether oxygens (including phenoxy) is 4. The first kappa shape index (κ1) is 30.9. The smallest absolute Gasteiger partial charge is 0.306 e. The average Bonchev–Trinajstić information content (AvgIpc) is 2.94. The van der Waals surface area contributed by atoms with E-state index in [-0.39, 0.29) is 31.6 Å². The lowest BCUT2D eigenvalue weighted by Gasteiger charge is -2.18. The molecule has 2 rings (SSSR count). The second-order valence-corrected chi connectivity index (χ2v) is 9.32. The van der Waals surface area contributed by atoms with Crippen LogP contribution in [0.15, 0.2) is 54.6 Å². The summed E-state index contributed by atoms with van der Waals surface area (Å²) in [5.41, 5.74) is 2.15. The van der Waals surface area contributed by atoms with Crippen molar-refractivity contribution >= 4 is 11.9 Å². The van der Waals surface area contributed by atoms with Crippen LogP contribution < -0.4 is 4.74 Å². The van der Waals surface area contributed by atoms with Crippen LogP contribution in [0.2, 0.25) is 0 Å². The molecule has 0 N–H and O–H groups in total. The summed E-state index contributed by atoms with van der Waals surface area (Å²) in [4.78, 5) is 24.8. The van der Waals surface area contributed by atoms with E-state index in [4.69, 9.17) is 25.4 Å². The van der Waals surface area contributed by atoms with E-state index in [1.165, 1.54) is 0 Å². The van der Waals surface area contributed by atoms with Gasteiger partial charge in [0.25, 0.3) is 0 Å². The Hall–Kier alpha value is -3.30. The number of terminal acetylenes is 1. The highest BCUT2D eigenvalue weighted by atomic mass is 16.6. The minimum Gasteiger partial charge on any atom is -0.497 e. The number of methoxy groups -OCH3 is 1. The third kappa shape index (κ3) is 14.4. The third-order valence-electron chi connectivity index (χ3n) is 6.10. The highest BCUT2D eigenvalue weighted by Crippen LogP contribution is 2.14. The molecule has 0 saturated carbocycles. The molecule has 0 bridgehead atoms. The molecule has 0 aromatic heterocycles. The van der Waals surface area contributed by atoms with Gasteiger partial charge in [0, 0.05) is 19.3 Å². The first-order valence-electron chi connectivity index (χ1n) is 13.6. The summed E-state index contributed by atoms with van der Waals surface area (Å²) in [6.45, 7) is 0.537. The lowest BCUT2D eigenvalue weighted by Crippen LogP contribution is -2.29. The molecule has 0 spiro atoms. The molecule has 6 nitrogen and oxygen atoms in total. The number of carbonyl (C=O) groups is 2. The van der Waals surface area contributed by atoms with Crippen molar-refractivity contribution in [2.75, 3.05) is 20.3 Å². The molecule has 2 aromatic rings. The van der Waals surface area contributed by atoms with Gasteiger partial charge in [0.05, 0.1) is 20.3 Å². The van der Waals surface area contributed by atoms with Gasteiger partial charge in [-0.15, -0.1) is 12.3 Å². The second-order valence-electron chi connectivity index (χ2n) is 9.32. The van der Waals surface area contributed by atoms with Gasteiger partial charge < -0.3 is 18.9 Å². The van der Waals surface area contributed by atoms with E-state index >= 15 is 0 Å². The predicted molar refractivity (Wildman–Crippen MR) is 149 cm³/mol. The fourth-order valence-corrected chi connectivity index (χ4v) is 3.93. The van der Waals surface area contributed by atoms with E-state index in [2.05, 4.69) is 5.92 Å². The van der Waals surface area contributed by atoms with E-state index in [9.17, 15) is 9.59 Å². The number of aryl methyl sites for hydroxylation is 1. The molecule has 0 aliphatic heterocycles. The zero-order valence-corrected chi connectivity index (χ0v) is 22.7. The number of esters is 2. The lowest BCUT2D eigenvalue weighted by molar-refractivity contribution is -0.163. The van der Waals surface area contributed by atoms with Crippen LogP contribution in [0.25, 0.3) is 0 Å². The van der Waals surface area contributed by atoms with Crippen LogP contribution in [0.4, 0.5) is 0 Å². The molecule has 0 amide bonds. The van der Waals surface area contributed by atoms with Crippen molar-refractivity contribution in [2.45, 2.75) is 83.3 Å². The maximum Gasteiger partial charge on any atom is 0.306 e. The van der Waals surface area contributed by atoms with Crippen LogP contribution >= 0.6 is 0 Å². The Bertz CT molecular complexity index is 948. The Kier molecular flexibility index (Phi) is 16.1. The van der Waals surface area contributed by atoms with E-state index in [0.717, 1.165) is 68.2 Å². The molecule has 2 aromatic carbocycles. The topological polar surface area (TPSA) is 71.1 Å². The molecule has 1 unspecified atom stereocenters. The highest BCUT2D eigenvalue weighted by molar-refractivity contribution is 5.70. The summed E-state index contributed by atoms with van der Waals surface area (Å²) in [6.07, 6.45) is 13.7. The van der Waals surface area contributed by atoms with E-state index in [0.29, 0.717) is 19.4 Å². The van der Waals surface area contributed by atoms with Crippen molar-refractivity contribution < 1.29 is 28.5 Å². The molecule has 0 fully saturated rings. The SMILES string of the molecule is C#CCCCCCCCCC(=O)OCC(COCc1ccccc1)OC(=O)CCCc1ccc(OC)cc1. The standard InChI is InChI=1S/C32H42O6/c1-3-4-5-6-7-8-9-13-18-31(33)37-26-30(25-36-24-28-15-11-10-12-16-28)38-32(34)19-14-17-27-20-22-29(35-2)23-21-27/h1,10-12,15-16,20-23,30H,4-9,13-14,17-19,24-26H2,2H3. The van der Waals surface area contributed by atoms with Gasteiger partial charge in [0.15, 0.2) is 6.10 Å². The summed E-state index contributed by atoms with van der Waals surface area (Å²) in [7, 11) is 1.63. The van der Waals surface area contributed by atoms with Crippen LogP contribution in [0.3, 0.4) is 0 Å². The fourth-order valence-electron chi connectivity index (χ4n) is 3.93. The summed E-state index contributed by atoms with van der Waals surface area (Å²) >= 11 is 0. The summed E-state index contributed by atoms with van der Waals surface area (Å²) in [6, 6.07) is 17.6. The predicted octanol–water partition coefficient (Wildman–Crippen LogP) is 6.44. The minimum atomic E-state index is -0.646. The Labute approximate surface area is 228 Å². The van der Waals surface area contributed by atoms with Gasteiger partial charge in [-0.2, -0.15) is 0 Å². The fraction of sp³-hybridized carbons (Fsp3) is 0.500. The number of rotatable bonds is 20. The number of hydrogen-bond donors (Lipinski definition) is 0. The van der Waals surface area contributed by atoms with Gasteiger partial charge in [-0.25, -0.2) is 0 Å². The average molecular weight is 523 g/mol. The molecule has 38 heavy (non-hydrogen) atoms. The van der Waals surface area contributed by atoms with Gasteiger partial charge in [0.1, 0.15) is 12.4 Å². The van der Waals surface area contributed by atoms with Crippen molar-refractivity contribution in [3.05, 3.63) is 65.7 Å². The third-order valence-corrected chi connectivity index (χ3v) is 6.10. The van der Waals surface area contributed by atoms with Gasteiger partial charge in [0.2, 0.25) is 0 Å². The first-order chi connectivity index (χ1) is 18.6. The molecule has 0 aliphatic rings. The molecular formula is C32H42O6. The van der Waals surface area contributed by atoms with Crippen LogP contribution in [0.1, 0.15) is 75.3 Å². The molecule has 6 heteroatoms. The molecule has 0 radical (unpaired) electrons. The van der Waals surface area contributed by atoms with Crippen LogP contribution in [-0.2, 0) is 36.8 Å². The van der Waals surface area contributed by atoms with E-state index in [1.807, 2.05) is 54.6 Å². The highest BCUT2D eigenvalue weighted by Gasteiger charge is 2.18. The molecule has 0 aliphatic carbocycles. The maximum absolute atomic E-state index is 12.5. The molecule has 0 saturated heterocycles. The van der Waals surface area contributed by atoms with Gasteiger partial charge in [-0.1, -0.05) is 68.1 Å². The quantitative estimate of drug-likeness (QED) is 0.113. The van der Waals surface area contributed by atoms with Crippen molar-refractivity contribution in [3.63, 3.8) is 0 Å². The molecule has 0 heterocycles. The zero-order valence-electron chi connectivity index (χ0n) is 22.7. The van der Waals surface area contributed by atoms with Crippen LogP contribution in [0, 0.1) is 12.3 Å². The van der Waals surface area contributed by atoms with Gasteiger partial charge in [-0.3, -0.25) is 9.59 Å². The number of hydrogen-bond acceptors (Lipinski definition) is 6. The second kappa shape index (κ2) is 19.8. The van der Waals surface area contributed by atoms with Crippen LogP contribution in [-0.4, -0.2) is 38.4 Å². The first-order valence-corrected chi connectivity index (χ1v) is 13.6. The minimum absolute atomic E-state index is 0.00999. The number of carbonyl (C=O) groups excluding carboxylic acids is 2. The van der Waals surface area contributed by atoms with Gasteiger partial charge in [-0.05, 0) is 48.9 Å². The Morgan fingerprint density at radius 1 is 0.789 bits per heavy atom. The number of benzene rings is 2. The zero-order chi connectivity index (χ0) is 27.3. The largest absolute Gasteiger partial charge is 0.497 e. The maximum atomic E-state index is 12.5. The summed E-state index contributed by atoms with van der Waals surface area (Å²) < 4.78 is 22.0. The summed E-state index contributed by atoms with van der Waals surface area (Å²) in [5, 5.41) is 0. The van der Waals surface area contributed by atoms with E-state index < -0.39 is 6.10 Å². The molecular weight excluding hydrogens is 480 g/mol.